The van der Waals surface area contributed by atoms with Crippen molar-refractivity contribution in [3.8, 4) is 0 Å². The fourth-order valence-electron chi connectivity index (χ4n) is 4.07. The molecular formula is C13H22N2O2. The maximum Gasteiger partial charge on any atom is 0.227 e. The lowest BCUT2D eigenvalue weighted by Gasteiger charge is -2.36. The van der Waals surface area contributed by atoms with E-state index in [9.17, 15) is 9.90 Å². The van der Waals surface area contributed by atoms with Crippen LogP contribution in [-0.2, 0) is 4.79 Å². The standard InChI is InChI=1S/C13H22N2O2/c14-12-9-4-3-8(6-9)11(12)13(17)15-5-1-2-10(16)7-15/h8-12,16H,1-7,14H2/t8?,9?,10-,11?,12?/m0/s1. The average Bonchev–Trinajstić information content (AvgIpc) is 2.88. The molecule has 96 valence electrons. The average molecular weight is 238 g/mol. The summed E-state index contributed by atoms with van der Waals surface area (Å²) in [5.41, 5.74) is 6.20. The zero-order valence-electron chi connectivity index (χ0n) is 10.2. The molecule has 2 aliphatic carbocycles. The third kappa shape index (κ3) is 1.87. The number of amides is 1. The van der Waals surface area contributed by atoms with Crippen molar-refractivity contribution in [3.63, 3.8) is 0 Å². The van der Waals surface area contributed by atoms with E-state index in [-0.39, 0.29) is 24.0 Å². The van der Waals surface area contributed by atoms with Crippen LogP contribution in [0.3, 0.4) is 0 Å². The van der Waals surface area contributed by atoms with Gasteiger partial charge in [0.2, 0.25) is 5.91 Å². The third-order valence-electron chi connectivity index (χ3n) is 4.97. The van der Waals surface area contributed by atoms with Gasteiger partial charge in [0.15, 0.2) is 0 Å². The summed E-state index contributed by atoms with van der Waals surface area (Å²) in [4.78, 5) is 14.3. The molecule has 4 heteroatoms. The van der Waals surface area contributed by atoms with Gasteiger partial charge in [-0.2, -0.15) is 0 Å². The number of aliphatic hydroxyl groups excluding tert-OH is 1. The first-order valence-corrected chi connectivity index (χ1v) is 6.89. The van der Waals surface area contributed by atoms with Crippen molar-refractivity contribution in [1.82, 2.24) is 4.90 Å². The highest BCUT2D eigenvalue weighted by atomic mass is 16.3. The lowest BCUT2D eigenvalue weighted by Crippen LogP contribution is -2.50. The Bertz CT molecular complexity index is 319. The molecule has 1 aliphatic heterocycles. The Morgan fingerprint density at radius 1 is 1.24 bits per heavy atom. The van der Waals surface area contributed by atoms with Gasteiger partial charge >= 0.3 is 0 Å². The smallest absolute Gasteiger partial charge is 0.227 e. The molecule has 3 fully saturated rings. The van der Waals surface area contributed by atoms with Crippen LogP contribution in [0.4, 0.5) is 0 Å². The molecule has 4 unspecified atom stereocenters. The molecule has 0 spiro atoms. The Morgan fingerprint density at radius 3 is 2.65 bits per heavy atom. The zero-order valence-corrected chi connectivity index (χ0v) is 10.2. The van der Waals surface area contributed by atoms with E-state index in [0.29, 0.717) is 18.4 Å². The first kappa shape index (κ1) is 11.5. The number of rotatable bonds is 1. The molecule has 0 aromatic rings. The van der Waals surface area contributed by atoms with Crippen molar-refractivity contribution < 1.29 is 9.90 Å². The lowest BCUT2D eigenvalue weighted by atomic mass is 9.83. The molecule has 3 N–H and O–H groups in total. The number of hydrogen-bond donors (Lipinski definition) is 2. The second kappa shape index (κ2) is 4.25. The Morgan fingerprint density at radius 2 is 2.00 bits per heavy atom. The first-order valence-electron chi connectivity index (χ1n) is 6.89. The number of likely N-dealkylation sites (tertiary alicyclic amines) is 1. The molecule has 17 heavy (non-hydrogen) atoms. The van der Waals surface area contributed by atoms with Gasteiger partial charge in [0.25, 0.3) is 0 Å². The second-order valence-electron chi connectivity index (χ2n) is 6.02. The highest BCUT2D eigenvalue weighted by molar-refractivity contribution is 5.80. The summed E-state index contributed by atoms with van der Waals surface area (Å²) in [5, 5.41) is 9.64. The van der Waals surface area contributed by atoms with Crippen molar-refractivity contribution in [2.75, 3.05) is 13.1 Å². The molecular weight excluding hydrogens is 216 g/mol. The fourth-order valence-corrected chi connectivity index (χ4v) is 4.07. The first-order chi connectivity index (χ1) is 8.16. The number of piperidine rings is 1. The molecule has 0 aromatic carbocycles. The van der Waals surface area contributed by atoms with Crippen LogP contribution in [0.1, 0.15) is 32.1 Å². The molecule has 3 aliphatic rings. The molecule has 1 amide bonds. The van der Waals surface area contributed by atoms with Crippen molar-refractivity contribution >= 4 is 5.91 Å². The molecule has 1 saturated heterocycles. The molecule has 2 saturated carbocycles. The van der Waals surface area contributed by atoms with Crippen molar-refractivity contribution in [1.29, 1.82) is 0 Å². The Labute approximate surface area is 102 Å². The minimum atomic E-state index is -0.331. The predicted molar refractivity (Wildman–Crippen MR) is 64.1 cm³/mol. The summed E-state index contributed by atoms with van der Waals surface area (Å²) in [6.07, 6.45) is 4.94. The summed E-state index contributed by atoms with van der Waals surface area (Å²) >= 11 is 0. The third-order valence-corrected chi connectivity index (χ3v) is 4.97. The zero-order chi connectivity index (χ0) is 12.0. The Balaban J connectivity index is 1.69. The largest absolute Gasteiger partial charge is 0.391 e. The molecule has 3 rings (SSSR count). The maximum atomic E-state index is 12.5. The maximum absolute atomic E-state index is 12.5. The van der Waals surface area contributed by atoms with Gasteiger partial charge < -0.3 is 15.7 Å². The number of nitrogens with two attached hydrogens (primary N) is 1. The summed E-state index contributed by atoms with van der Waals surface area (Å²) in [5.74, 6) is 1.34. The number of β-amino-alcohol motifs (C(OH)–C–C–N with tert-alkyl or cyclic N) is 1. The number of hydrogen-bond acceptors (Lipinski definition) is 3. The van der Waals surface area contributed by atoms with Crippen LogP contribution in [0, 0.1) is 17.8 Å². The van der Waals surface area contributed by atoms with Crippen LogP contribution in [0.5, 0.6) is 0 Å². The van der Waals surface area contributed by atoms with E-state index in [1.54, 1.807) is 0 Å². The Hall–Kier alpha value is -0.610. The van der Waals surface area contributed by atoms with E-state index in [1.807, 2.05) is 4.90 Å². The number of aliphatic hydroxyl groups is 1. The normalized spacial score (nSPS) is 45.3. The topological polar surface area (TPSA) is 66.6 Å². The summed E-state index contributed by atoms with van der Waals surface area (Å²) < 4.78 is 0. The minimum Gasteiger partial charge on any atom is -0.391 e. The predicted octanol–water partition coefficient (Wildman–Crippen LogP) is 0.343. The number of fused-ring (bicyclic) bond motifs is 2. The van der Waals surface area contributed by atoms with Crippen LogP contribution in [0.25, 0.3) is 0 Å². The van der Waals surface area contributed by atoms with E-state index < -0.39 is 0 Å². The SMILES string of the molecule is NC1C2CCC(C2)C1C(=O)N1CCC[C@H](O)C1. The number of carbonyl (C=O) groups is 1. The van der Waals surface area contributed by atoms with Gasteiger partial charge in [-0.25, -0.2) is 0 Å². The van der Waals surface area contributed by atoms with Crippen LogP contribution in [0.2, 0.25) is 0 Å². The van der Waals surface area contributed by atoms with Crippen molar-refractivity contribution in [3.05, 3.63) is 0 Å². The molecule has 5 atom stereocenters. The fraction of sp³-hybridized carbons (Fsp3) is 0.923. The summed E-state index contributed by atoms with van der Waals surface area (Å²) in [7, 11) is 0. The highest BCUT2D eigenvalue weighted by Gasteiger charge is 2.50. The number of nitrogens with zero attached hydrogens (tertiary/aromatic N) is 1. The van der Waals surface area contributed by atoms with Crippen LogP contribution in [0.15, 0.2) is 0 Å². The van der Waals surface area contributed by atoms with Gasteiger partial charge in [0.1, 0.15) is 0 Å². The van der Waals surface area contributed by atoms with Crippen LogP contribution < -0.4 is 5.73 Å². The van der Waals surface area contributed by atoms with Gasteiger partial charge in [-0.1, -0.05) is 0 Å². The van der Waals surface area contributed by atoms with Crippen LogP contribution >= 0.6 is 0 Å². The van der Waals surface area contributed by atoms with Gasteiger partial charge in [-0.3, -0.25) is 4.79 Å². The van der Waals surface area contributed by atoms with Crippen molar-refractivity contribution in [2.24, 2.45) is 23.5 Å². The minimum absolute atomic E-state index is 0.0408. The second-order valence-corrected chi connectivity index (χ2v) is 6.02. The van der Waals surface area contributed by atoms with E-state index in [2.05, 4.69) is 0 Å². The summed E-state index contributed by atoms with van der Waals surface area (Å²) in [6, 6.07) is 0.0697. The van der Waals surface area contributed by atoms with Crippen molar-refractivity contribution in [2.45, 2.75) is 44.2 Å². The van der Waals surface area contributed by atoms with Crippen LogP contribution in [-0.4, -0.2) is 41.1 Å². The van der Waals surface area contributed by atoms with E-state index >= 15 is 0 Å². The molecule has 0 radical (unpaired) electrons. The highest BCUT2D eigenvalue weighted by Crippen LogP contribution is 2.48. The molecule has 4 nitrogen and oxygen atoms in total. The lowest BCUT2D eigenvalue weighted by molar-refractivity contribution is -0.140. The van der Waals surface area contributed by atoms with Gasteiger partial charge in [0.05, 0.1) is 12.0 Å². The van der Waals surface area contributed by atoms with E-state index in [0.717, 1.165) is 25.8 Å². The quantitative estimate of drug-likeness (QED) is 0.692. The van der Waals surface area contributed by atoms with Gasteiger partial charge in [0, 0.05) is 19.1 Å². The van der Waals surface area contributed by atoms with E-state index in [1.165, 1.54) is 12.8 Å². The van der Waals surface area contributed by atoms with Gasteiger partial charge in [-0.05, 0) is 43.9 Å². The van der Waals surface area contributed by atoms with Gasteiger partial charge in [-0.15, -0.1) is 0 Å². The van der Waals surface area contributed by atoms with E-state index in [4.69, 9.17) is 5.73 Å². The number of carbonyl (C=O) groups excluding carboxylic acids is 1. The molecule has 0 aromatic heterocycles. The Kier molecular flexibility index (Phi) is 2.87. The molecule has 2 bridgehead atoms. The monoisotopic (exact) mass is 238 g/mol. The molecule has 1 heterocycles. The summed E-state index contributed by atoms with van der Waals surface area (Å²) in [6.45, 7) is 1.32.